The Morgan fingerprint density at radius 3 is 2.55 bits per heavy atom. The molecule has 1 fully saturated rings. The van der Waals surface area contributed by atoms with Gasteiger partial charge in [0.2, 0.25) is 0 Å². The molecule has 0 aromatic heterocycles. The average molecular weight is 270 g/mol. The molecule has 0 radical (unpaired) electrons. The second kappa shape index (κ2) is 4.19. The highest BCUT2D eigenvalue weighted by Gasteiger charge is 2.49. The number of Topliss-reactive ketones (excluding diaryl/α,β-unsaturated/α-hetero) is 1. The molecular formula is C19H26O. The van der Waals surface area contributed by atoms with Gasteiger partial charge in [-0.1, -0.05) is 33.3 Å². The van der Waals surface area contributed by atoms with Gasteiger partial charge in [0.25, 0.3) is 0 Å². The number of carbonyl (C=O) groups is 1. The van der Waals surface area contributed by atoms with E-state index >= 15 is 0 Å². The summed E-state index contributed by atoms with van der Waals surface area (Å²) >= 11 is 0. The second-order valence-electron chi connectivity index (χ2n) is 7.86. The zero-order valence-corrected chi connectivity index (χ0v) is 13.5. The summed E-state index contributed by atoms with van der Waals surface area (Å²) in [5.41, 5.74) is 5.55. The van der Waals surface area contributed by atoms with Crippen LogP contribution in [0.1, 0.15) is 80.4 Å². The fourth-order valence-corrected chi connectivity index (χ4v) is 4.77. The quantitative estimate of drug-likeness (QED) is 0.661. The smallest absolute Gasteiger partial charge is 0.160 e. The molecule has 2 aliphatic rings. The van der Waals surface area contributed by atoms with Crippen molar-refractivity contribution in [3.05, 3.63) is 34.4 Å². The minimum Gasteiger partial charge on any atom is -0.295 e. The summed E-state index contributed by atoms with van der Waals surface area (Å²) in [5.74, 6) is 0.986. The zero-order valence-electron chi connectivity index (χ0n) is 13.5. The molecule has 2 unspecified atom stereocenters. The first-order valence-electron chi connectivity index (χ1n) is 7.92. The Morgan fingerprint density at radius 1 is 1.20 bits per heavy atom. The van der Waals surface area contributed by atoms with Gasteiger partial charge in [-0.25, -0.2) is 0 Å². The minimum atomic E-state index is 0.201. The Labute approximate surface area is 122 Å². The van der Waals surface area contributed by atoms with Crippen molar-refractivity contribution < 1.29 is 4.79 Å². The molecule has 2 atom stereocenters. The summed E-state index contributed by atoms with van der Waals surface area (Å²) in [5, 5.41) is 0. The van der Waals surface area contributed by atoms with E-state index in [9.17, 15) is 4.79 Å². The van der Waals surface area contributed by atoms with Crippen LogP contribution in [0.2, 0.25) is 0 Å². The number of hydrogen-bond acceptors (Lipinski definition) is 1. The van der Waals surface area contributed by atoms with Crippen LogP contribution in [-0.4, -0.2) is 5.78 Å². The molecule has 108 valence electrons. The fourth-order valence-electron chi connectivity index (χ4n) is 4.77. The highest BCUT2D eigenvalue weighted by molar-refractivity contribution is 5.96. The van der Waals surface area contributed by atoms with Crippen LogP contribution < -0.4 is 0 Å². The highest BCUT2D eigenvalue weighted by atomic mass is 16.1. The monoisotopic (exact) mass is 270 g/mol. The number of hydrogen-bond donors (Lipinski definition) is 0. The van der Waals surface area contributed by atoms with Crippen LogP contribution in [-0.2, 0) is 10.8 Å². The van der Waals surface area contributed by atoms with Gasteiger partial charge in [0.15, 0.2) is 5.78 Å². The van der Waals surface area contributed by atoms with Gasteiger partial charge < -0.3 is 0 Å². The van der Waals surface area contributed by atoms with Gasteiger partial charge in [-0.2, -0.15) is 0 Å². The molecule has 0 saturated heterocycles. The first kappa shape index (κ1) is 13.9. The summed E-state index contributed by atoms with van der Waals surface area (Å²) in [6, 6.07) is 4.53. The third-order valence-corrected chi connectivity index (χ3v) is 5.99. The van der Waals surface area contributed by atoms with Crippen molar-refractivity contribution in [1.82, 2.24) is 0 Å². The van der Waals surface area contributed by atoms with Crippen LogP contribution in [0.5, 0.6) is 0 Å². The lowest BCUT2D eigenvalue weighted by atomic mass is 9.58. The van der Waals surface area contributed by atoms with Crippen molar-refractivity contribution in [2.45, 2.75) is 71.1 Å². The molecule has 1 heteroatoms. The molecule has 1 aromatic carbocycles. The van der Waals surface area contributed by atoms with Crippen molar-refractivity contribution in [1.29, 1.82) is 0 Å². The van der Waals surface area contributed by atoms with Crippen molar-refractivity contribution in [3.8, 4) is 0 Å². The number of ketones is 1. The number of carbonyl (C=O) groups excluding carboxylic acids is 1. The predicted molar refractivity (Wildman–Crippen MR) is 83.5 cm³/mol. The van der Waals surface area contributed by atoms with Crippen molar-refractivity contribution in [2.24, 2.45) is 5.92 Å². The van der Waals surface area contributed by atoms with Crippen LogP contribution in [0.3, 0.4) is 0 Å². The molecule has 0 heterocycles. The Bertz CT molecular complexity index is 582. The summed E-state index contributed by atoms with van der Waals surface area (Å²) in [4.78, 5) is 11.9. The third-order valence-electron chi connectivity index (χ3n) is 5.99. The lowest BCUT2D eigenvalue weighted by Gasteiger charge is -2.46. The maximum absolute atomic E-state index is 11.9. The van der Waals surface area contributed by atoms with E-state index in [4.69, 9.17) is 0 Å². The predicted octanol–water partition coefficient (Wildman–Crippen LogP) is 4.94. The average Bonchev–Trinajstić information content (AvgIpc) is 2.70. The molecule has 3 rings (SSSR count). The molecule has 0 N–H and O–H groups in total. The molecule has 1 aromatic rings. The minimum absolute atomic E-state index is 0.201. The van der Waals surface area contributed by atoms with Gasteiger partial charge >= 0.3 is 0 Å². The summed E-state index contributed by atoms with van der Waals surface area (Å²) in [6.45, 7) is 10.9. The van der Waals surface area contributed by atoms with Crippen LogP contribution in [0.15, 0.2) is 12.1 Å². The molecule has 1 saturated carbocycles. The van der Waals surface area contributed by atoms with E-state index in [1.54, 1.807) is 6.92 Å². The molecule has 2 aliphatic carbocycles. The van der Waals surface area contributed by atoms with E-state index in [0.717, 1.165) is 17.0 Å². The molecule has 20 heavy (non-hydrogen) atoms. The van der Waals surface area contributed by atoms with Gasteiger partial charge in [0.1, 0.15) is 0 Å². The topological polar surface area (TPSA) is 17.1 Å². The standard InChI is InChI=1S/C19H26O/c1-12-9-16-17(10-15(12)13(2)20)19(5)8-6-7-14(19)11-18(16,3)4/h9-10,14H,6-8,11H2,1-5H3. The molecule has 1 nitrogen and oxygen atoms in total. The van der Waals surface area contributed by atoms with E-state index in [1.807, 2.05) is 0 Å². The van der Waals surface area contributed by atoms with E-state index in [1.165, 1.54) is 36.8 Å². The van der Waals surface area contributed by atoms with Crippen LogP contribution in [0, 0.1) is 12.8 Å². The van der Waals surface area contributed by atoms with Crippen molar-refractivity contribution in [2.75, 3.05) is 0 Å². The highest BCUT2D eigenvalue weighted by Crippen LogP contribution is 2.56. The molecular weight excluding hydrogens is 244 g/mol. The van der Waals surface area contributed by atoms with Gasteiger partial charge in [0.05, 0.1) is 0 Å². The lowest BCUT2D eigenvalue weighted by Crippen LogP contribution is -2.40. The first-order chi connectivity index (χ1) is 9.25. The van der Waals surface area contributed by atoms with E-state index in [2.05, 4.69) is 39.8 Å². The van der Waals surface area contributed by atoms with E-state index < -0.39 is 0 Å². The maximum Gasteiger partial charge on any atom is 0.160 e. The number of benzene rings is 1. The van der Waals surface area contributed by atoms with Crippen molar-refractivity contribution in [3.63, 3.8) is 0 Å². The van der Waals surface area contributed by atoms with Gasteiger partial charge in [-0.15, -0.1) is 0 Å². The summed E-state index contributed by atoms with van der Waals surface area (Å²) < 4.78 is 0. The van der Waals surface area contributed by atoms with Gasteiger partial charge in [-0.3, -0.25) is 4.79 Å². The molecule has 0 bridgehead atoms. The summed E-state index contributed by atoms with van der Waals surface area (Å²) in [6.07, 6.45) is 5.25. The van der Waals surface area contributed by atoms with Crippen LogP contribution >= 0.6 is 0 Å². The SMILES string of the molecule is CC(=O)c1cc2c(cc1C)C(C)(C)CC1CCCC21C. The zero-order chi connectivity index (χ0) is 14.7. The Morgan fingerprint density at radius 2 is 1.90 bits per heavy atom. The fraction of sp³-hybridized carbons (Fsp3) is 0.632. The third kappa shape index (κ3) is 1.78. The first-order valence-corrected chi connectivity index (χ1v) is 7.92. The molecule has 0 amide bonds. The molecule has 0 spiro atoms. The largest absolute Gasteiger partial charge is 0.295 e. The number of rotatable bonds is 1. The van der Waals surface area contributed by atoms with E-state index in [0.29, 0.717) is 5.41 Å². The maximum atomic E-state index is 11.9. The lowest BCUT2D eigenvalue weighted by molar-refractivity contribution is 0.101. The van der Waals surface area contributed by atoms with Crippen molar-refractivity contribution >= 4 is 5.78 Å². The van der Waals surface area contributed by atoms with Crippen LogP contribution in [0.4, 0.5) is 0 Å². The number of aryl methyl sites for hydroxylation is 1. The van der Waals surface area contributed by atoms with Gasteiger partial charge in [-0.05, 0) is 72.6 Å². The number of fused-ring (bicyclic) bond motifs is 3. The Balaban J connectivity index is 2.27. The van der Waals surface area contributed by atoms with E-state index in [-0.39, 0.29) is 11.2 Å². The second-order valence-corrected chi connectivity index (χ2v) is 7.86. The molecule has 0 aliphatic heterocycles. The summed E-state index contributed by atoms with van der Waals surface area (Å²) in [7, 11) is 0. The van der Waals surface area contributed by atoms with Gasteiger partial charge in [0, 0.05) is 5.56 Å². The Hall–Kier alpha value is -1.11. The van der Waals surface area contributed by atoms with Crippen LogP contribution in [0.25, 0.3) is 0 Å². The Kier molecular flexibility index (Phi) is 2.90. The normalized spacial score (nSPS) is 30.8.